The van der Waals surface area contributed by atoms with Gasteiger partial charge < -0.3 is 15.1 Å². The highest BCUT2D eigenvalue weighted by atomic mass is 16.2. The molecule has 1 saturated heterocycles. The number of piperidine rings is 1. The predicted octanol–water partition coefficient (Wildman–Crippen LogP) is 0.785. The second-order valence-electron chi connectivity index (χ2n) is 5.23. The van der Waals surface area contributed by atoms with Crippen LogP contribution in [-0.4, -0.2) is 62.0 Å². The lowest BCUT2D eigenvalue weighted by atomic mass is 9.97. The Morgan fingerprint density at radius 3 is 2.59 bits per heavy atom. The van der Waals surface area contributed by atoms with Gasteiger partial charge in [-0.1, -0.05) is 0 Å². The zero-order valence-electron chi connectivity index (χ0n) is 11.7. The Morgan fingerprint density at radius 1 is 1.47 bits per heavy atom. The molecule has 0 saturated carbocycles. The Bertz CT molecular complexity index is 237. The maximum Gasteiger partial charge on any atom is 0.239 e. The summed E-state index contributed by atoms with van der Waals surface area (Å²) >= 11 is 0. The van der Waals surface area contributed by atoms with E-state index >= 15 is 0 Å². The van der Waals surface area contributed by atoms with Crippen molar-refractivity contribution < 1.29 is 4.79 Å². The minimum absolute atomic E-state index is 0.0559. The van der Waals surface area contributed by atoms with E-state index in [1.807, 2.05) is 20.9 Å². The van der Waals surface area contributed by atoms with E-state index in [0.717, 1.165) is 19.0 Å². The van der Waals surface area contributed by atoms with Gasteiger partial charge in [-0.2, -0.15) is 0 Å². The van der Waals surface area contributed by atoms with E-state index < -0.39 is 0 Å². The number of nitrogens with one attached hydrogen (secondary N) is 1. The minimum atomic E-state index is -0.0559. The molecule has 1 N–H and O–H groups in total. The summed E-state index contributed by atoms with van der Waals surface area (Å²) in [5.74, 6) is 0.925. The van der Waals surface area contributed by atoms with Crippen LogP contribution in [0.5, 0.6) is 0 Å². The molecule has 1 amide bonds. The molecule has 0 aromatic carbocycles. The molecule has 1 heterocycles. The van der Waals surface area contributed by atoms with Crippen molar-refractivity contribution in [1.29, 1.82) is 0 Å². The molecule has 0 aromatic heterocycles. The SMILES string of the molecule is CCN(C)C(=O)C(C)NCC1CCN(C)CC1. The molecule has 100 valence electrons. The molecule has 1 rings (SSSR count). The molecule has 4 nitrogen and oxygen atoms in total. The van der Waals surface area contributed by atoms with Crippen LogP contribution >= 0.6 is 0 Å². The van der Waals surface area contributed by atoms with Gasteiger partial charge in [-0.05, 0) is 59.3 Å². The Hall–Kier alpha value is -0.610. The lowest BCUT2D eigenvalue weighted by Gasteiger charge is -2.30. The average Bonchev–Trinajstić information content (AvgIpc) is 2.35. The fourth-order valence-electron chi connectivity index (χ4n) is 2.18. The summed E-state index contributed by atoms with van der Waals surface area (Å²) in [6.45, 7) is 8.08. The van der Waals surface area contributed by atoms with Crippen molar-refractivity contribution in [3.05, 3.63) is 0 Å². The number of likely N-dealkylation sites (tertiary alicyclic amines) is 1. The van der Waals surface area contributed by atoms with Crippen molar-refractivity contribution in [1.82, 2.24) is 15.1 Å². The first-order valence-electron chi connectivity index (χ1n) is 6.71. The predicted molar refractivity (Wildman–Crippen MR) is 71.0 cm³/mol. The Kier molecular flexibility index (Phi) is 5.92. The molecule has 1 atom stereocenters. The molecular weight excluding hydrogens is 214 g/mol. The van der Waals surface area contributed by atoms with Crippen LogP contribution < -0.4 is 5.32 Å². The van der Waals surface area contributed by atoms with Gasteiger partial charge in [0.1, 0.15) is 0 Å². The molecule has 4 heteroatoms. The number of hydrogen-bond donors (Lipinski definition) is 1. The highest BCUT2D eigenvalue weighted by molar-refractivity contribution is 5.81. The molecular formula is C13H27N3O. The van der Waals surface area contributed by atoms with Crippen molar-refractivity contribution in [2.24, 2.45) is 5.92 Å². The minimum Gasteiger partial charge on any atom is -0.345 e. The molecule has 17 heavy (non-hydrogen) atoms. The van der Waals surface area contributed by atoms with Gasteiger partial charge in [0, 0.05) is 13.6 Å². The van der Waals surface area contributed by atoms with Gasteiger partial charge in [0.2, 0.25) is 5.91 Å². The first-order valence-corrected chi connectivity index (χ1v) is 6.71. The van der Waals surface area contributed by atoms with Crippen LogP contribution in [0.1, 0.15) is 26.7 Å². The van der Waals surface area contributed by atoms with Crippen molar-refractivity contribution >= 4 is 5.91 Å². The molecule has 0 aliphatic carbocycles. The van der Waals surface area contributed by atoms with Crippen molar-refractivity contribution in [3.63, 3.8) is 0 Å². The van der Waals surface area contributed by atoms with E-state index in [4.69, 9.17) is 0 Å². The van der Waals surface area contributed by atoms with Gasteiger partial charge in [-0.25, -0.2) is 0 Å². The standard InChI is InChI=1S/C13H27N3O/c1-5-16(4)13(17)11(2)14-10-12-6-8-15(3)9-7-12/h11-12,14H,5-10H2,1-4H3. The Balaban J connectivity index is 2.23. The number of carbonyl (C=O) groups is 1. The number of amides is 1. The first-order chi connectivity index (χ1) is 8.04. The van der Waals surface area contributed by atoms with Crippen LogP contribution in [-0.2, 0) is 4.79 Å². The number of carbonyl (C=O) groups excluding carboxylic acids is 1. The van der Waals surface area contributed by atoms with Gasteiger partial charge in [0.15, 0.2) is 0 Å². The molecule has 1 aliphatic heterocycles. The van der Waals surface area contributed by atoms with E-state index in [9.17, 15) is 4.79 Å². The van der Waals surface area contributed by atoms with Gasteiger partial charge in [0.25, 0.3) is 0 Å². The monoisotopic (exact) mass is 241 g/mol. The summed E-state index contributed by atoms with van der Waals surface area (Å²) in [5.41, 5.74) is 0. The number of hydrogen-bond acceptors (Lipinski definition) is 3. The highest BCUT2D eigenvalue weighted by Crippen LogP contribution is 2.14. The van der Waals surface area contributed by atoms with E-state index in [1.165, 1.54) is 25.9 Å². The maximum absolute atomic E-state index is 11.9. The molecule has 0 radical (unpaired) electrons. The van der Waals surface area contributed by atoms with Crippen molar-refractivity contribution in [3.8, 4) is 0 Å². The Labute approximate surface area is 105 Å². The molecule has 1 fully saturated rings. The van der Waals surface area contributed by atoms with Gasteiger partial charge in [-0.15, -0.1) is 0 Å². The molecule has 0 bridgehead atoms. The lowest BCUT2D eigenvalue weighted by Crippen LogP contribution is -2.45. The third-order valence-electron chi connectivity index (χ3n) is 3.77. The fraction of sp³-hybridized carbons (Fsp3) is 0.923. The molecule has 1 aliphatic rings. The number of rotatable bonds is 5. The van der Waals surface area contributed by atoms with Crippen LogP contribution in [0.3, 0.4) is 0 Å². The Morgan fingerprint density at radius 2 is 2.06 bits per heavy atom. The average molecular weight is 241 g/mol. The first kappa shape index (κ1) is 14.5. The summed E-state index contributed by atoms with van der Waals surface area (Å²) < 4.78 is 0. The normalized spacial score (nSPS) is 20.2. The summed E-state index contributed by atoms with van der Waals surface area (Å²) in [7, 11) is 4.03. The summed E-state index contributed by atoms with van der Waals surface area (Å²) in [6.07, 6.45) is 2.49. The van der Waals surface area contributed by atoms with E-state index in [1.54, 1.807) is 4.90 Å². The summed E-state index contributed by atoms with van der Waals surface area (Å²) in [5, 5.41) is 3.37. The van der Waals surface area contributed by atoms with E-state index in [-0.39, 0.29) is 11.9 Å². The zero-order valence-corrected chi connectivity index (χ0v) is 11.7. The quantitative estimate of drug-likeness (QED) is 0.773. The number of nitrogens with zero attached hydrogens (tertiary/aromatic N) is 2. The maximum atomic E-state index is 11.9. The second-order valence-corrected chi connectivity index (χ2v) is 5.23. The van der Waals surface area contributed by atoms with Crippen LogP contribution in [0.15, 0.2) is 0 Å². The van der Waals surface area contributed by atoms with Crippen LogP contribution in [0.2, 0.25) is 0 Å². The summed E-state index contributed by atoms with van der Waals surface area (Å²) in [4.78, 5) is 16.0. The fourth-order valence-corrected chi connectivity index (χ4v) is 2.18. The van der Waals surface area contributed by atoms with Crippen LogP contribution in [0, 0.1) is 5.92 Å². The largest absolute Gasteiger partial charge is 0.345 e. The van der Waals surface area contributed by atoms with Crippen LogP contribution in [0.25, 0.3) is 0 Å². The zero-order chi connectivity index (χ0) is 12.8. The molecule has 0 aromatic rings. The third kappa shape index (κ3) is 4.64. The molecule has 0 spiro atoms. The second kappa shape index (κ2) is 6.97. The van der Waals surface area contributed by atoms with E-state index in [0.29, 0.717) is 0 Å². The van der Waals surface area contributed by atoms with Crippen molar-refractivity contribution in [2.75, 3.05) is 40.3 Å². The lowest BCUT2D eigenvalue weighted by molar-refractivity contribution is -0.131. The van der Waals surface area contributed by atoms with Crippen LogP contribution in [0.4, 0.5) is 0 Å². The van der Waals surface area contributed by atoms with Gasteiger partial charge in [-0.3, -0.25) is 4.79 Å². The molecule has 1 unspecified atom stereocenters. The summed E-state index contributed by atoms with van der Waals surface area (Å²) in [6, 6.07) is -0.0559. The van der Waals surface area contributed by atoms with E-state index in [2.05, 4.69) is 17.3 Å². The highest BCUT2D eigenvalue weighted by Gasteiger charge is 2.20. The van der Waals surface area contributed by atoms with Gasteiger partial charge >= 0.3 is 0 Å². The topological polar surface area (TPSA) is 35.6 Å². The number of likely N-dealkylation sites (N-methyl/N-ethyl adjacent to an activating group) is 1. The van der Waals surface area contributed by atoms with Crippen molar-refractivity contribution in [2.45, 2.75) is 32.7 Å². The smallest absolute Gasteiger partial charge is 0.239 e. The van der Waals surface area contributed by atoms with Gasteiger partial charge in [0.05, 0.1) is 6.04 Å². The third-order valence-corrected chi connectivity index (χ3v) is 3.77.